The summed E-state index contributed by atoms with van der Waals surface area (Å²) in [5.41, 5.74) is 3.58. The number of hydrogen-bond donors (Lipinski definition) is 1. The Morgan fingerprint density at radius 1 is 1.20 bits per heavy atom. The van der Waals surface area contributed by atoms with Crippen molar-refractivity contribution in [3.8, 4) is 5.69 Å². The molecular formula is C20H21N3O2. The molecule has 2 aromatic carbocycles. The van der Waals surface area contributed by atoms with Crippen LogP contribution in [0.15, 0.2) is 54.9 Å². The highest BCUT2D eigenvalue weighted by Crippen LogP contribution is 2.38. The third-order valence-electron chi connectivity index (χ3n) is 5.06. The van der Waals surface area contributed by atoms with Gasteiger partial charge in [-0.1, -0.05) is 12.1 Å². The topological polar surface area (TPSA) is 56.1 Å². The van der Waals surface area contributed by atoms with E-state index in [1.54, 1.807) is 7.11 Å². The van der Waals surface area contributed by atoms with Crippen LogP contribution in [0.3, 0.4) is 0 Å². The first kappa shape index (κ1) is 15.8. The van der Waals surface area contributed by atoms with Crippen LogP contribution in [0.25, 0.3) is 16.7 Å². The molecule has 4 rings (SSSR count). The highest BCUT2D eigenvalue weighted by Gasteiger charge is 2.38. The van der Waals surface area contributed by atoms with Gasteiger partial charge in [0.15, 0.2) is 0 Å². The minimum atomic E-state index is -0.250. The van der Waals surface area contributed by atoms with Gasteiger partial charge in [0, 0.05) is 18.5 Å². The molecule has 0 unspecified atom stereocenters. The predicted molar refractivity (Wildman–Crippen MR) is 97.9 cm³/mol. The first-order valence-electron chi connectivity index (χ1n) is 8.57. The molecule has 3 aromatic rings. The number of carbonyl (C=O) groups excluding carboxylic acids is 1. The number of fused-ring (bicyclic) bond motifs is 1. The minimum absolute atomic E-state index is 0.00220. The van der Waals surface area contributed by atoms with Gasteiger partial charge in [0.2, 0.25) is 5.91 Å². The monoisotopic (exact) mass is 335 g/mol. The maximum atomic E-state index is 12.3. The lowest BCUT2D eigenvalue weighted by Crippen LogP contribution is -2.42. The lowest BCUT2D eigenvalue weighted by atomic mass is 9.77. The van der Waals surface area contributed by atoms with Gasteiger partial charge in [-0.2, -0.15) is 0 Å². The Kier molecular flexibility index (Phi) is 4.01. The van der Waals surface area contributed by atoms with E-state index < -0.39 is 0 Å². The lowest BCUT2D eigenvalue weighted by molar-refractivity contribution is -0.129. The van der Waals surface area contributed by atoms with E-state index in [0.717, 1.165) is 41.7 Å². The van der Waals surface area contributed by atoms with Gasteiger partial charge < -0.3 is 10.1 Å². The number of benzene rings is 2. The van der Waals surface area contributed by atoms with Crippen molar-refractivity contribution in [1.82, 2.24) is 9.55 Å². The van der Waals surface area contributed by atoms with Crippen molar-refractivity contribution < 1.29 is 9.53 Å². The largest absolute Gasteiger partial charge is 0.378 e. The fourth-order valence-electron chi connectivity index (χ4n) is 3.39. The number of ether oxygens (including phenoxy) is 1. The molecule has 1 aromatic heterocycles. The summed E-state index contributed by atoms with van der Waals surface area (Å²) >= 11 is 0. The van der Waals surface area contributed by atoms with Crippen molar-refractivity contribution >= 4 is 22.6 Å². The number of para-hydroxylation sites is 2. The molecule has 1 amide bonds. The van der Waals surface area contributed by atoms with Gasteiger partial charge in [0.25, 0.3) is 0 Å². The molecular weight excluding hydrogens is 314 g/mol. The maximum absolute atomic E-state index is 12.3. The number of rotatable bonds is 5. The fourth-order valence-corrected chi connectivity index (χ4v) is 3.39. The van der Waals surface area contributed by atoms with Gasteiger partial charge in [0.1, 0.15) is 6.33 Å². The van der Waals surface area contributed by atoms with Crippen LogP contribution in [-0.2, 0) is 9.53 Å². The smallest absolute Gasteiger partial charge is 0.227 e. The molecule has 1 fully saturated rings. The number of carbonyl (C=O) groups is 1. The first-order chi connectivity index (χ1) is 12.2. The Hall–Kier alpha value is -2.66. The molecule has 0 radical (unpaired) electrons. The zero-order valence-electron chi connectivity index (χ0n) is 14.2. The number of amides is 1. The zero-order chi connectivity index (χ0) is 17.3. The molecule has 1 aliphatic carbocycles. The lowest BCUT2D eigenvalue weighted by Gasteiger charge is -2.39. The summed E-state index contributed by atoms with van der Waals surface area (Å²) < 4.78 is 7.56. The van der Waals surface area contributed by atoms with Crippen molar-refractivity contribution in [2.45, 2.75) is 31.3 Å². The molecule has 1 heterocycles. The van der Waals surface area contributed by atoms with Crippen molar-refractivity contribution in [1.29, 1.82) is 0 Å². The van der Waals surface area contributed by atoms with Crippen molar-refractivity contribution in [3.05, 3.63) is 54.9 Å². The number of methoxy groups -OCH3 is 1. The van der Waals surface area contributed by atoms with E-state index in [4.69, 9.17) is 4.74 Å². The van der Waals surface area contributed by atoms with Crippen LogP contribution in [-0.4, -0.2) is 28.2 Å². The summed E-state index contributed by atoms with van der Waals surface area (Å²) in [6.07, 6.45) is 5.29. The Labute approximate surface area is 146 Å². The third kappa shape index (κ3) is 3.03. The number of anilines is 1. The molecule has 128 valence electrons. The summed E-state index contributed by atoms with van der Waals surface area (Å²) in [4.78, 5) is 16.7. The Bertz CT molecular complexity index is 889. The zero-order valence-corrected chi connectivity index (χ0v) is 14.2. The van der Waals surface area contributed by atoms with Crippen LogP contribution in [0.4, 0.5) is 5.69 Å². The molecule has 0 atom stereocenters. The van der Waals surface area contributed by atoms with Gasteiger partial charge in [-0.15, -0.1) is 0 Å². The Balaban J connectivity index is 1.48. The molecule has 5 heteroatoms. The van der Waals surface area contributed by atoms with Crippen LogP contribution < -0.4 is 5.32 Å². The average molecular weight is 335 g/mol. The molecule has 1 saturated carbocycles. The van der Waals surface area contributed by atoms with Gasteiger partial charge in [0.05, 0.1) is 23.1 Å². The van der Waals surface area contributed by atoms with E-state index in [1.807, 2.05) is 59.4 Å². The highest BCUT2D eigenvalue weighted by atomic mass is 16.5. The van der Waals surface area contributed by atoms with Crippen LogP contribution >= 0.6 is 0 Å². The number of imidazole rings is 1. The normalized spacial score (nSPS) is 15.7. The van der Waals surface area contributed by atoms with Crippen LogP contribution in [0.2, 0.25) is 0 Å². The average Bonchev–Trinajstić information content (AvgIpc) is 3.03. The summed E-state index contributed by atoms with van der Waals surface area (Å²) in [6, 6.07) is 15.8. The Morgan fingerprint density at radius 3 is 2.64 bits per heavy atom. The fraction of sp³-hybridized carbons (Fsp3) is 0.300. The van der Waals surface area contributed by atoms with Crippen LogP contribution in [0, 0.1) is 0 Å². The van der Waals surface area contributed by atoms with E-state index >= 15 is 0 Å². The molecule has 0 spiro atoms. The molecule has 1 N–H and O–H groups in total. The quantitative estimate of drug-likeness (QED) is 0.769. The molecule has 25 heavy (non-hydrogen) atoms. The van der Waals surface area contributed by atoms with E-state index in [2.05, 4.69) is 10.3 Å². The molecule has 0 bridgehead atoms. The first-order valence-corrected chi connectivity index (χ1v) is 8.57. The van der Waals surface area contributed by atoms with Crippen LogP contribution in [0.1, 0.15) is 25.7 Å². The SMILES string of the molecule is COC1(CC(=O)Nc2ccc(-n3cnc4ccccc43)cc2)CCC1. The van der Waals surface area contributed by atoms with Gasteiger partial charge >= 0.3 is 0 Å². The van der Waals surface area contributed by atoms with Crippen molar-refractivity contribution in [3.63, 3.8) is 0 Å². The van der Waals surface area contributed by atoms with Crippen LogP contribution in [0.5, 0.6) is 0 Å². The van der Waals surface area contributed by atoms with Gasteiger partial charge in [-0.3, -0.25) is 9.36 Å². The van der Waals surface area contributed by atoms with E-state index in [-0.39, 0.29) is 11.5 Å². The molecule has 1 aliphatic rings. The van der Waals surface area contributed by atoms with E-state index in [9.17, 15) is 4.79 Å². The number of aromatic nitrogens is 2. The van der Waals surface area contributed by atoms with E-state index in [0.29, 0.717) is 6.42 Å². The molecule has 0 saturated heterocycles. The second-order valence-corrected chi connectivity index (χ2v) is 6.62. The van der Waals surface area contributed by atoms with Crippen molar-refractivity contribution in [2.75, 3.05) is 12.4 Å². The van der Waals surface area contributed by atoms with Crippen molar-refractivity contribution in [2.24, 2.45) is 0 Å². The summed E-state index contributed by atoms with van der Waals surface area (Å²) in [5, 5.41) is 2.97. The predicted octanol–water partition coefficient (Wildman–Crippen LogP) is 3.92. The minimum Gasteiger partial charge on any atom is -0.378 e. The number of hydrogen-bond acceptors (Lipinski definition) is 3. The summed E-state index contributed by atoms with van der Waals surface area (Å²) in [5.74, 6) is 0.00220. The standard InChI is InChI=1S/C20H21N3O2/c1-25-20(11-4-12-20)13-19(24)22-15-7-9-16(10-8-15)23-14-21-17-5-2-3-6-18(17)23/h2-3,5-10,14H,4,11-13H2,1H3,(H,22,24). The second kappa shape index (κ2) is 6.33. The van der Waals surface area contributed by atoms with Gasteiger partial charge in [-0.25, -0.2) is 4.98 Å². The van der Waals surface area contributed by atoms with E-state index in [1.165, 1.54) is 0 Å². The highest BCUT2D eigenvalue weighted by molar-refractivity contribution is 5.91. The summed E-state index contributed by atoms with van der Waals surface area (Å²) in [6.45, 7) is 0. The molecule has 5 nitrogen and oxygen atoms in total. The number of nitrogens with zero attached hydrogens (tertiary/aromatic N) is 2. The maximum Gasteiger partial charge on any atom is 0.227 e. The molecule has 0 aliphatic heterocycles. The Morgan fingerprint density at radius 2 is 1.96 bits per heavy atom. The van der Waals surface area contributed by atoms with Gasteiger partial charge in [-0.05, 0) is 55.7 Å². The number of nitrogens with one attached hydrogen (secondary N) is 1. The second-order valence-electron chi connectivity index (χ2n) is 6.62. The summed E-state index contributed by atoms with van der Waals surface area (Å²) in [7, 11) is 1.69. The third-order valence-corrected chi connectivity index (χ3v) is 5.06.